The van der Waals surface area contributed by atoms with Crippen LogP contribution in [0.1, 0.15) is 94.4 Å². The van der Waals surface area contributed by atoms with Crippen molar-refractivity contribution in [3.63, 3.8) is 0 Å². The molecule has 0 fully saturated rings. The number of carbonyl (C=O) groups is 4. The van der Waals surface area contributed by atoms with E-state index in [1.165, 1.54) is 37.4 Å². The summed E-state index contributed by atoms with van der Waals surface area (Å²) in [5, 5.41) is 12.0. The van der Waals surface area contributed by atoms with Gasteiger partial charge >= 0.3 is 12.1 Å². The molecule has 0 aromatic heterocycles. The van der Waals surface area contributed by atoms with Crippen LogP contribution >= 0.6 is 0 Å². The summed E-state index contributed by atoms with van der Waals surface area (Å²) in [7, 11) is 4.48. The molecule has 11 nitrogen and oxygen atoms in total. The Kier molecular flexibility index (Phi) is 20.3. The number of carboxylic acid groups (broad SMARTS) is 1. The topological polar surface area (TPSA) is 135 Å². The summed E-state index contributed by atoms with van der Waals surface area (Å²) in [4.78, 5) is 53.1. The molecule has 40 heavy (non-hydrogen) atoms. The Hall–Kier alpha value is -2.40. The zero-order chi connectivity index (χ0) is 31.6. The summed E-state index contributed by atoms with van der Waals surface area (Å²) in [6.07, 6.45) is 1.09. The second-order valence-corrected chi connectivity index (χ2v) is 11.1. The van der Waals surface area contributed by atoms with Gasteiger partial charge in [-0.15, -0.1) is 0 Å². The van der Waals surface area contributed by atoms with Crippen LogP contribution in [-0.4, -0.2) is 97.1 Å². The first-order valence-electron chi connectivity index (χ1n) is 14.4. The minimum absolute atomic E-state index is 0.0338. The molecule has 0 aromatic carbocycles. The molecule has 0 saturated heterocycles. The van der Waals surface area contributed by atoms with Crippen LogP contribution in [0.5, 0.6) is 0 Å². The molecule has 0 bridgehead atoms. The maximum absolute atomic E-state index is 13.5. The first-order valence-corrected chi connectivity index (χ1v) is 14.4. The second kappa shape index (κ2) is 20.5. The Morgan fingerprint density at radius 3 is 1.90 bits per heavy atom. The number of carbonyl (C=O) groups excluding carboxylic acids is 3. The molecule has 0 aliphatic carbocycles. The average Bonchev–Trinajstić information content (AvgIpc) is 2.87. The zero-order valence-corrected chi connectivity index (χ0v) is 27.0. The molecule has 0 spiro atoms. The first kappa shape index (κ1) is 39.7. The number of rotatable bonds is 16. The SMILES string of the molecule is CCC.CCCCN(C(=O)CC(OC)C(C(C)CC)N(C)C(=O)CNC(=O)OC(C)(C)C)C(OC)C(C)C(=O)O. The molecular weight excluding hydrogens is 518 g/mol. The molecule has 0 heterocycles. The normalized spacial score (nSPS) is 14.9. The number of alkyl carbamates (subject to hydrolysis) is 1. The standard InChI is InChI=1S/C26H49N3O8.C3H8/c1-11-13-14-29(23(36-10)18(4)24(32)33)20(30)15-19(35-9)22(17(3)12-2)28(8)21(31)16-27-25(34)37-26(5,6)7;1-3-2/h17-19,22-23H,11-16H2,1-10H3,(H,27,34)(H,32,33);3H2,1-2H3. The van der Waals surface area contributed by atoms with Gasteiger partial charge in [-0.2, -0.15) is 0 Å². The van der Waals surface area contributed by atoms with E-state index < -0.39 is 42.0 Å². The maximum Gasteiger partial charge on any atom is 0.408 e. The van der Waals surface area contributed by atoms with E-state index >= 15 is 0 Å². The van der Waals surface area contributed by atoms with Crippen molar-refractivity contribution in [2.24, 2.45) is 11.8 Å². The molecule has 236 valence electrons. The number of nitrogens with zero attached hydrogens (tertiary/aromatic N) is 2. The molecule has 5 atom stereocenters. The summed E-state index contributed by atoms with van der Waals surface area (Å²) < 4.78 is 16.4. The Labute approximate surface area is 242 Å². The van der Waals surface area contributed by atoms with E-state index in [1.807, 2.05) is 20.8 Å². The molecule has 0 rings (SSSR count). The molecule has 11 heteroatoms. The van der Waals surface area contributed by atoms with Gasteiger partial charge < -0.3 is 34.4 Å². The third-order valence-corrected chi connectivity index (χ3v) is 6.35. The van der Waals surface area contributed by atoms with Crippen LogP contribution in [0.4, 0.5) is 4.79 Å². The average molecular weight is 576 g/mol. The van der Waals surface area contributed by atoms with E-state index in [9.17, 15) is 24.3 Å². The smallest absolute Gasteiger partial charge is 0.408 e. The van der Waals surface area contributed by atoms with Gasteiger partial charge in [0.05, 0.1) is 24.5 Å². The molecule has 0 aliphatic rings. The summed E-state index contributed by atoms with van der Waals surface area (Å²) >= 11 is 0. The van der Waals surface area contributed by atoms with Crippen molar-refractivity contribution in [2.45, 2.75) is 118 Å². The molecular formula is C29H57N3O8. The maximum atomic E-state index is 13.5. The number of likely N-dealkylation sites (N-methyl/N-ethyl adjacent to an activating group) is 1. The van der Waals surface area contributed by atoms with Crippen molar-refractivity contribution in [1.82, 2.24) is 15.1 Å². The Bertz CT molecular complexity index is 756. The number of hydrogen-bond donors (Lipinski definition) is 2. The van der Waals surface area contributed by atoms with Crippen LogP contribution in [0.25, 0.3) is 0 Å². The highest BCUT2D eigenvalue weighted by Crippen LogP contribution is 2.24. The van der Waals surface area contributed by atoms with E-state index in [0.29, 0.717) is 19.4 Å². The predicted octanol–water partition coefficient (Wildman–Crippen LogP) is 4.53. The van der Waals surface area contributed by atoms with Crippen molar-refractivity contribution < 1.29 is 38.5 Å². The van der Waals surface area contributed by atoms with Crippen molar-refractivity contribution in [2.75, 3.05) is 34.4 Å². The summed E-state index contributed by atoms with van der Waals surface area (Å²) in [6.45, 7) is 16.9. The number of carboxylic acids is 1. The quantitative estimate of drug-likeness (QED) is 0.256. The number of aliphatic carboxylic acids is 1. The Balaban J connectivity index is 0. The van der Waals surface area contributed by atoms with Gasteiger partial charge in [0.2, 0.25) is 11.8 Å². The fourth-order valence-electron chi connectivity index (χ4n) is 4.07. The fraction of sp³-hybridized carbons (Fsp3) is 0.862. The van der Waals surface area contributed by atoms with Gasteiger partial charge in [-0.1, -0.05) is 53.9 Å². The molecule has 0 radical (unpaired) electrons. The van der Waals surface area contributed by atoms with Crippen LogP contribution < -0.4 is 5.32 Å². The van der Waals surface area contributed by atoms with E-state index in [0.717, 1.165) is 6.42 Å². The highest BCUT2D eigenvalue weighted by atomic mass is 16.6. The highest BCUT2D eigenvalue weighted by molar-refractivity contribution is 5.83. The highest BCUT2D eigenvalue weighted by Gasteiger charge is 2.38. The van der Waals surface area contributed by atoms with Crippen molar-refractivity contribution in [3.05, 3.63) is 0 Å². The third kappa shape index (κ3) is 14.8. The number of methoxy groups -OCH3 is 2. The predicted molar refractivity (Wildman–Crippen MR) is 156 cm³/mol. The van der Waals surface area contributed by atoms with Gasteiger partial charge in [0.25, 0.3) is 0 Å². The molecule has 0 aliphatic heterocycles. The fourth-order valence-corrected chi connectivity index (χ4v) is 4.07. The molecule has 3 amide bonds. The summed E-state index contributed by atoms with van der Waals surface area (Å²) in [5.74, 6) is -2.71. The van der Waals surface area contributed by atoms with Crippen molar-refractivity contribution in [1.29, 1.82) is 0 Å². The van der Waals surface area contributed by atoms with Crippen molar-refractivity contribution in [3.8, 4) is 0 Å². The van der Waals surface area contributed by atoms with Gasteiger partial charge in [0, 0.05) is 27.8 Å². The first-order chi connectivity index (χ1) is 18.6. The summed E-state index contributed by atoms with van der Waals surface area (Å²) in [5.41, 5.74) is -0.693. The number of amides is 3. The Morgan fingerprint density at radius 1 is 0.950 bits per heavy atom. The number of nitrogens with one attached hydrogen (secondary N) is 1. The van der Waals surface area contributed by atoms with Gasteiger partial charge in [-0.05, 0) is 40.0 Å². The minimum Gasteiger partial charge on any atom is -0.481 e. The van der Waals surface area contributed by atoms with E-state index in [4.69, 9.17) is 14.2 Å². The van der Waals surface area contributed by atoms with Gasteiger partial charge in [-0.3, -0.25) is 14.4 Å². The lowest BCUT2D eigenvalue weighted by atomic mass is 9.90. The number of ether oxygens (including phenoxy) is 3. The van der Waals surface area contributed by atoms with Gasteiger partial charge in [-0.25, -0.2) is 4.79 Å². The van der Waals surface area contributed by atoms with Crippen LogP contribution in [0.2, 0.25) is 0 Å². The van der Waals surface area contributed by atoms with Crippen molar-refractivity contribution >= 4 is 23.9 Å². The number of hydrogen-bond acceptors (Lipinski definition) is 7. The van der Waals surface area contributed by atoms with Crippen LogP contribution in [0.15, 0.2) is 0 Å². The molecule has 0 aromatic rings. The monoisotopic (exact) mass is 575 g/mol. The number of unbranched alkanes of at least 4 members (excludes halogenated alkanes) is 1. The van der Waals surface area contributed by atoms with Crippen LogP contribution in [0, 0.1) is 11.8 Å². The third-order valence-electron chi connectivity index (χ3n) is 6.35. The minimum atomic E-state index is -1.07. The largest absolute Gasteiger partial charge is 0.481 e. The van der Waals surface area contributed by atoms with Gasteiger partial charge in [0.1, 0.15) is 18.4 Å². The summed E-state index contributed by atoms with van der Waals surface area (Å²) in [6, 6.07) is -0.474. The molecule has 2 N–H and O–H groups in total. The lowest BCUT2D eigenvalue weighted by Crippen LogP contribution is -2.54. The lowest BCUT2D eigenvalue weighted by molar-refractivity contribution is -0.163. The van der Waals surface area contributed by atoms with E-state index in [-0.39, 0.29) is 30.7 Å². The van der Waals surface area contributed by atoms with Crippen LogP contribution in [-0.2, 0) is 28.6 Å². The Morgan fingerprint density at radius 2 is 1.50 bits per heavy atom. The molecule has 0 saturated carbocycles. The zero-order valence-electron chi connectivity index (χ0n) is 27.0. The lowest BCUT2D eigenvalue weighted by Gasteiger charge is -2.39. The second-order valence-electron chi connectivity index (χ2n) is 11.1. The van der Waals surface area contributed by atoms with E-state index in [2.05, 4.69) is 19.2 Å². The van der Waals surface area contributed by atoms with Crippen LogP contribution in [0.3, 0.4) is 0 Å². The molecule has 5 unspecified atom stereocenters. The van der Waals surface area contributed by atoms with Gasteiger partial charge in [0.15, 0.2) is 0 Å². The van der Waals surface area contributed by atoms with E-state index in [1.54, 1.807) is 27.8 Å².